The molecule has 2 aromatic rings. The van der Waals surface area contributed by atoms with Crippen molar-refractivity contribution in [1.29, 1.82) is 0 Å². The lowest BCUT2D eigenvalue weighted by Gasteiger charge is -2.17. The number of aryl methyl sites for hydroxylation is 3. The van der Waals surface area contributed by atoms with Crippen molar-refractivity contribution >= 4 is 40.5 Å². The molecule has 0 saturated heterocycles. The first-order valence-corrected chi connectivity index (χ1v) is 7.93. The van der Waals surface area contributed by atoms with Crippen LogP contribution in [0.3, 0.4) is 0 Å². The molecule has 3 N–H and O–H groups in total. The Kier molecular flexibility index (Phi) is 7.00. The molecule has 0 atom stereocenters. The van der Waals surface area contributed by atoms with Gasteiger partial charge in [0.25, 0.3) is 0 Å². The molecule has 1 amide bonds. The zero-order valence-electron chi connectivity index (χ0n) is 13.8. The number of nitrogen functional groups attached to an aromatic ring is 1. The number of anilines is 2. The molecule has 0 unspecified atom stereocenters. The smallest absolute Gasteiger partial charge is 0.238 e. The summed E-state index contributed by atoms with van der Waals surface area (Å²) in [5, 5.41) is 3.56. The first-order valence-electron chi connectivity index (χ1n) is 7.11. The SMILES string of the molecule is Cc1cc(C)c(NC(=O)CN(C)Cc2cnc(N)s2)c(C)c1.Cl. The van der Waals surface area contributed by atoms with Gasteiger partial charge in [0.15, 0.2) is 5.13 Å². The fourth-order valence-electron chi connectivity index (χ4n) is 2.52. The van der Waals surface area contributed by atoms with Crippen LogP contribution in [0.5, 0.6) is 0 Å². The Morgan fingerprint density at radius 2 is 1.91 bits per heavy atom. The quantitative estimate of drug-likeness (QED) is 0.865. The number of halogens is 1. The number of nitrogens with zero attached hydrogens (tertiary/aromatic N) is 2. The summed E-state index contributed by atoms with van der Waals surface area (Å²) in [6.45, 7) is 7.07. The van der Waals surface area contributed by atoms with Crippen molar-refractivity contribution in [2.45, 2.75) is 27.3 Å². The van der Waals surface area contributed by atoms with Crippen molar-refractivity contribution in [2.75, 3.05) is 24.6 Å². The number of hydrogen-bond donors (Lipinski definition) is 2. The van der Waals surface area contributed by atoms with E-state index in [9.17, 15) is 4.79 Å². The fourth-order valence-corrected chi connectivity index (χ4v) is 3.28. The second-order valence-corrected chi connectivity index (χ2v) is 6.81. The Morgan fingerprint density at radius 1 is 1.30 bits per heavy atom. The molecule has 23 heavy (non-hydrogen) atoms. The van der Waals surface area contributed by atoms with Gasteiger partial charge in [-0.25, -0.2) is 4.98 Å². The lowest BCUT2D eigenvalue weighted by Crippen LogP contribution is -2.30. The van der Waals surface area contributed by atoms with E-state index in [-0.39, 0.29) is 18.3 Å². The van der Waals surface area contributed by atoms with Gasteiger partial charge in [0.1, 0.15) is 0 Å². The van der Waals surface area contributed by atoms with Crippen LogP contribution in [0.1, 0.15) is 21.6 Å². The predicted molar refractivity (Wildman–Crippen MR) is 99.4 cm³/mol. The number of nitrogens with one attached hydrogen (secondary N) is 1. The van der Waals surface area contributed by atoms with Crippen LogP contribution in [-0.2, 0) is 11.3 Å². The maximum atomic E-state index is 12.2. The first-order chi connectivity index (χ1) is 10.3. The van der Waals surface area contributed by atoms with E-state index in [2.05, 4.69) is 29.4 Å². The van der Waals surface area contributed by atoms with Crippen LogP contribution in [0.25, 0.3) is 0 Å². The molecule has 5 nitrogen and oxygen atoms in total. The molecule has 126 valence electrons. The molecule has 1 heterocycles. The topological polar surface area (TPSA) is 71.2 Å². The van der Waals surface area contributed by atoms with Crippen molar-refractivity contribution in [3.05, 3.63) is 39.9 Å². The molecule has 0 aliphatic rings. The van der Waals surface area contributed by atoms with E-state index < -0.39 is 0 Å². The third kappa shape index (κ3) is 5.49. The number of carbonyl (C=O) groups excluding carboxylic acids is 1. The highest BCUT2D eigenvalue weighted by atomic mass is 35.5. The van der Waals surface area contributed by atoms with Crippen LogP contribution in [0.4, 0.5) is 10.8 Å². The molecule has 0 saturated carbocycles. The molecule has 0 aliphatic carbocycles. The molecule has 0 radical (unpaired) electrons. The molecule has 7 heteroatoms. The largest absolute Gasteiger partial charge is 0.375 e. The van der Waals surface area contributed by atoms with E-state index in [0.29, 0.717) is 18.2 Å². The standard InChI is InChI=1S/C16H22N4OS.ClH/c1-10-5-11(2)15(12(3)6-10)19-14(21)9-20(4)8-13-7-18-16(17)22-13;/h5-7H,8-9H2,1-4H3,(H2,17,18)(H,19,21);1H. The fraction of sp³-hybridized carbons (Fsp3) is 0.375. The summed E-state index contributed by atoms with van der Waals surface area (Å²) in [6, 6.07) is 4.15. The Bertz CT molecular complexity index is 663. The second-order valence-electron chi connectivity index (χ2n) is 5.66. The van der Waals surface area contributed by atoms with Crippen LogP contribution in [0.2, 0.25) is 0 Å². The molecule has 0 fully saturated rings. The van der Waals surface area contributed by atoms with Crippen LogP contribution >= 0.6 is 23.7 Å². The van der Waals surface area contributed by atoms with Gasteiger partial charge < -0.3 is 11.1 Å². The summed E-state index contributed by atoms with van der Waals surface area (Å²) in [5.74, 6) is -0.0185. The Hall–Kier alpha value is -1.63. The summed E-state index contributed by atoms with van der Waals surface area (Å²) in [7, 11) is 1.91. The second kappa shape index (κ2) is 8.29. The number of rotatable bonds is 5. The van der Waals surface area contributed by atoms with Gasteiger partial charge in [-0.1, -0.05) is 17.7 Å². The van der Waals surface area contributed by atoms with Gasteiger partial charge in [-0.3, -0.25) is 9.69 Å². The monoisotopic (exact) mass is 354 g/mol. The lowest BCUT2D eigenvalue weighted by atomic mass is 10.1. The van der Waals surface area contributed by atoms with Gasteiger partial charge in [0.2, 0.25) is 5.91 Å². The summed E-state index contributed by atoms with van der Waals surface area (Å²) in [6.07, 6.45) is 1.75. The van der Waals surface area contributed by atoms with Crippen LogP contribution in [0, 0.1) is 20.8 Å². The van der Waals surface area contributed by atoms with Gasteiger partial charge in [0, 0.05) is 23.3 Å². The molecule has 1 aromatic carbocycles. The maximum absolute atomic E-state index is 12.2. The third-order valence-corrected chi connectivity index (χ3v) is 4.16. The number of likely N-dealkylation sites (N-methyl/N-ethyl adjacent to an activating group) is 1. The molecule has 0 aliphatic heterocycles. The lowest BCUT2D eigenvalue weighted by molar-refractivity contribution is -0.117. The maximum Gasteiger partial charge on any atom is 0.238 e. The highest BCUT2D eigenvalue weighted by Gasteiger charge is 2.11. The van der Waals surface area contributed by atoms with Gasteiger partial charge in [-0.05, 0) is 38.9 Å². The van der Waals surface area contributed by atoms with Gasteiger partial charge in [-0.2, -0.15) is 0 Å². The zero-order chi connectivity index (χ0) is 16.3. The summed E-state index contributed by atoms with van der Waals surface area (Å²) in [4.78, 5) is 19.2. The molecule has 1 aromatic heterocycles. The van der Waals surface area contributed by atoms with E-state index in [1.54, 1.807) is 6.20 Å². The summed E-state index contributed by atoms with van der Waals surface area (Å²) < 4.78 is 0. The molecular weight excluding hydrogens is 332 g/mol. The van der Waals surface area contributed by atoms with Crippen molar-refractivity contribution in [2.24, 2.45) is 0 Å². The van der Waals surface area contributed by atoms with Gasteiger partial charge in [-0.15, -0.1) is 23.7 Å². The number of carbonyl (C=O) groups is 1. The van der Waals surface area contributed by atoms with Crippen LogP contribution < -0.4 is 11.1 Å². The molecular formula is C16H23ClN4OS. The average Bonchev–Trinajstić information content (AvgIpc) is 2.79. The Morgan fingerprint density at radius 3 is 2.43 bits per heavy atom. The Labute approximate surface area is 147 Å². The number of amides is 1. The van der Waals surface area contributed by atoms with Gasteiger partial charge >= 0.3 is 0 Å². The molecule has 0 spiro atoms. The van der Waals surface area contributed by atoms with Gasteiger partial charge in [0.05, 0.1) is 6.54 Å². The van der Waals surface area contributed by atoms with Crippen LogP contribution in [-0.4, -0.2) is 29.4 Å². The number of benzene rings is 1. The Balaban J connectivity index is 0.00000264. The minimum Gasteiger partial charge on any atom is -0.375 e. The van der Waals surface area contributed by atoms with Crippen molar-refractivity contribution < 1.29 is 4.79 Å². The van der Waals surface area contributed by atoms with Crippen molar-refractivity contribution in [1.82, 2.24) is 9.88 Å². The highest BCUT2D eigenvalue weighted by molar-refractivity contribution is 7.15. The molecule has 2 rings (SSSR count). The minimum absolute atomic E-state index is 0. The number of aromatic nitrogens is 1. The van der Waals surface area contributed by atoms with Crippen molar-refractivity contribution in [3.63, 3.8) is 0 Å². The average molecular weight is 355 g/mol. The molecule has 0 bridgehead atoms. The minimum atomic E-state index is -0.0185. The number of hydrogen-bond acceptors (Lipinski definition) is 5. The number of nitrogens with two attached hydrogens (primary N) is 1. The van der Waals surface area contributed by atoms with Crippen LogP contribution in [0.15, 0.2) is 18.3 Å². The highest BCUT2D eigenvalue weighted by Crippen LogP contribution is 2.22. The van der Waals surface area contributed by atoms with Crippen molar-refractivity contribution in [3.8, 4) is 0 Å². The van der Waals surface area contributed by atoms with E-state index in [1.165, 1.54) is 16.9 Å². The number of thiazole rings is 1. The van der Waals surface area contributed by atoms with E-state index in [1.807, 2.05) is 25.8 Å². The normalized spacial score (nSPS) is 10.5. The zero-order valence-corrected chi connectivity index (χ0v) is 15.5. The van der Waals surface area contributed by atoms with E-state index in [4.69, 9.17) is 5.73 Å². The summed E-state index contributed by atoms with van der Waals surface area (Å²) in [5.41, 5.74) is 9.90. The van der Waals surface area contributed by atoms with E-state index in [0.717, 1.165) is 21.7 Å². The predicted octanol–water partition coefficient (Wildman–Crippen LogP) is 3.14. The van der Waals surface area contributed by atoms with E-state index >= 15 is 0 Å². The summed E-state index contributed by atoms with van der Waals surface area (Å²) >= 11 is 1.45. The first kappa shape index (κ1) is 19.4. The third-order valence-electron chi connectivity index (χ3n) is 3.35.